The Labute approximate surface area is 204 Å². The van der Waals surface area contributed by atoms with Gasteiger partial charge in [0.1, 0.15) is 0 Å². The second kappa shape index (κ2) is 13.2. The van der Waals surface area contributed by atoms with Crippen molar-refractivity contribution >= 4 is 21.8 Å². The van der Waals surface area contributed by atoms with Crippen LogP contribution in [-0.4, -0.2) is 75.3 Å². The van der Waals surface area contributed by atoms with E-state index < -0.39 is 10.0 Å². The molecule has 1 atom stereocenters. The predicted molar refractivity (Wildman–Crippen MR) is 133 cm³/mol. The van der Waals surface area contributed by atoms with Crippen LogP contribution in [0, 0.1) is 11.8 Å². The molecule has 0 aliphatic carbocycles. The number of carbonyl (C=O) groups excluding carboxylic acids is 2. The molecular formula is C25H40N4O4S. The van der Waals surface area contributed by atoms with Gasteiger partial charge in [-0.2, -0.15) is 4.31 Å². The molecule has 0 saturated carbocycles. The highest BCUT2D eigenvalue weighted by Gasteiger charge is 2.27. The van der Waals surface area contributed by atoms with E-state index in [2.05, 4.69) is 22.5 Å². The number of sulfonamides is 1. The van der Waals surface area contributed by atoms with E-state index in [1.807, 2.05) is 0 Å². The molecule has 1 unspecified atom stereocenters. The standard InChI is InChI=1S/C25H40N4O4S/c1-2-28-18-12-21(13-19-28)10-15-27-25(31)22-7-6-17-29(20-14-24(30)26-16-11-22)34(32,33)23-8-4-3-5-9-23/h3-5,8-9,21-22H,2,6-7,10-20H2,1H3,(H,26,30)(H,27,31). The van der Waals surface area contributed by atoms with Gasteiger partial charge in [0.2, 0.25) is 21.8 Å². The molecule has 2 saturated heterocycles. The summed E-state index contributed by atoms with van der Waals surface area (Å²) in [5.74, 6) is 0.248. The van der Waals surface area contributed by atoms with Crippen LogP contribution in [-0.2, 0) is 19.6 Å². The number of rotatable bonds is 7. The van der Waals surface area contributed by atoms with Gasteiger partial charge in [-0.3, -0.25) is 9.59 Å². The highest BCUT2D eigenvalue weighted by Crippen LogP contribution is 2.21. The Kier molecular flexibility index (Phi) is 10.3. The molecule has 2 fully saturated rings. The average Bonchev–Trinajstić information content (AvgIpc) is 2.89. The van der Waals surface area contributed by atoms with Crippen molar-refractivity contribution in [1.29, 1.82) is 0 Å². The average molecular weight is 493 g/mol. The van der Waals surface area contributed by atoms with Crippen molar-refractivity contribution in [1.82, 2.24) is 19.8 Å². The lowest BCUT2D eigenvalue weighted by Crippen LogP contribution is -2.37. The predicted octanol–water partition coefficient (Wildman–Crippen LogP) is 2.22. The monoisotopic (exact) mass is 492 g/mol. The highest BCUT2D eigenvalue weighted by atomic mass is 32.2. The van der Waals surface area contributed by atoms with Crippen LogP contribution in [0.4, 0.5) is 0 Å². The smallest absolute Gasteiger partial charge is 0.243 e. The van der Waals surface area contributed by atoms with Gasteiger partial charge in [-0.1, -0.05) is 25.1 Å². The Morgan fingerprint density at radius 3 is 2.50 bits per heavy atom. The Morgan fingerprint density at radius 1 is 1.06 bits per heavy atom. The summed E-state index contributed by atoms with van der Waals surface area (Å²) in [6.07, 6.45) is 5.22. The second-order valence-electron chi connectivity index (χ2n) is 9.40. The van der Waals surface area contributed by atoms with Crippen LogP contribution < -0.4 is 10.6 Å². The molecule has 1 aromatic rings. The summed E-state index contributed by atoms with van der Waals surface area (Å²) in [6, 6.07) is 8.31. The van der Waals surface area contributed by atoms with Crippen molar-refractivity contribution < 1.29 is 18.0 Å². The summed E-state index contributed by atoms with van der Waals surface area (Å²) in [6.45, 7) is 7.11. The van der Waals surface area contributed by atoms with Crippen molar-refractivity contribution in [2.24, 2.45) is 11.8 Å². The third-order valence-corrected chi connectivity index (χ3v) is 9.03. The highest BCUT2D eigenvalue weighted by molar-refractivity contribution is 7.89. The summed E-state index contributed by atoms with van der Waals surface area (Å²) in [5, 5.41) is 5.96. The number of amides is 2. The number of hydrogen-bond acceptors (Lipinski definition) is 5. The van der Waals surface area contributed by atoms with Gasteiger partial charge in [-0.05, 0) is 76.2 Å². The Morgan fingerprint density at radius 2 is 1.79 bits per heavy atom. The van der Waals surface area contributed by atoms with Gasteiger partial charge >= 0.3 is 0 Å². The zero-order valence-corrected chi connectivity index (χ0v) is 21.2. The molecule has 0 bridgehead atoms. The number of carbonyl (C=O) groups is 2. The van der Waals surface area contributed by atoms with Crippen LogP contribution in [0.1, 0.15) is 51.9 Å². The fourth-order valence-electron chi connectivity index (χ4n) is 4.85. The first kappa shape index (κ1) is 26.6. The van der Waals surface area contributed by atoms with Gasteiger partial charge in [0.25, 0.3) is 0 Å². The van der Waals surface area contributed by atoms with E-state index >= 15 is 0 Å². The molecule has 2 aliphatic heterocycles. The quantitative estimate of drug-likeness (QED) is 0.608. The SMILES string of the molecule is CCN1CCC(CCNC(=O)C2CCCN(S(=O)(=O)c3ccccc3)CCC(=O)NCC2)CC1. The lowest BCUT2D eigenvalue weighted by atomic mass is 9.93. The minimum Gasteiger partial charge on any atom is -0.356 e. The molecule has 9 heteroatoms. The van der Waals surface area contributed by atoms with E-state index in [0.717, 1.165) is 26.1 Å². The Hall–Kier alpha value is -1.97. The van der Waals surface area contributed by atoms with E-state index in [0.29, 0.717) is 44.8 Å². The fraction of sp³-hybridized carbons (Fsp3) is 0.680. The summed E-state index contributed by atoms with van der Waals surface area (Å²) in [4.78, 5) is 27.9. The molecule has 190 valence electrons. The largest absolute Gasteiger partial charge is 0.356 e. The van der Waals surface area contributed by atoms with Gasteiger partial charge in [0.05, 0.1) is 4.90 Å². The van der Waals surface area contributed by atoms with Crippen molar-refractivity contribution in [3.63, 3.8) is 0 Å². The van der Waals surface area contributed by atoms with Crippen molar-refractivity contribution in [2.45, 2.75) is 56.8 Å². The molecule has 0 radical (unpaired) electrons. The van der Waals surface area contributed by atoms with Gasteiger partial charge in [-0.25, -0.2) is 8.42 Å². The van der Waals surface area contributed by atoms with Crippen LogP contribution in [0.5, 0.6) is 0 Å². The maximum Gasteiger partial charge on any atom is 0.243 e. The first-order chi connectivity index (χ1) is 16.4. The lowest BCUT2D eigenvalue weighted by Gasteiger charge is -2.31. The van der Waals surface area contributed by atoms with Crippen molar-refractivity contribution in [2.75, 3.05) is 45.8 Å². The van der Waals surface area contributed by atoms with Gasteiger partial charge in [0.15, 0.2) is 0 Å². The third kappa shape index (κ3) is 7.78. The molecule has 3 rings (SSSR count). The number of benzene rings is 1. The van der Waals surface area contributed by atoms with Crippen LogP contribution in [0.2, 0.25) is 0 Å². The number of nitrogens with zero attached hydrogens (tertiary/aromatic N) is 2. The molecule has 0 spiro atoms. The van der Waals surface area contributed by atoms with Crippen molar-refractivity contribution in [3.8, 4) is 0 Å². The number of piperidine rings is 1. The van der Waals surface area contributed by atoms with E-state index in [9.17, 15) is 18.0 Å². The molecule has 2 heterocycles. The van der Waals surface area contributed by atoms with Crippen LogP contribution >= 0.6 is 0 Å². The number of likely N-dealkylation sites (tertiary alicyclic amines) is 1. The molecule has 8 nitrogen and oxygen atoms in total. The number of hydrogen-bond donors (Lipinski definition) is 2. The van der Waals surface area contributed by atoms with E-state index in [1.54, 1.807) is 30.3 Å². The maximum atomic E-state index is 13.1. The van der Waals surface area contributed by atoms with Gasteiger partial charge < -0.3 is 15.5 Å². The van der Waals surface area contributed by atoms with E-state index in [4.69, 9.17) is 0 Å². The van der Waals surface area contributed by atoms with Crippen LogP contribution in [0.25, 0.3) is 0 Å². The molecule has 2 N–H and O–H groups in total. The molecule has 2 aliphatic rings. The van der Waals surface area contributed by atoms with E-state index in [-0.39, 0.29) is 35.6 Å². The normalized spacial score (nSPS) is 22.5. The summed E-state index contributed by atoms with van der Waals surface area (Å²) in [5.41, 5.74) is 0. The molecular weight excluding hydrogens is 452 g/mol. The zero-order valence-electron chi connectivity index (χ0n) is 20.4. The topological polar surface area (TPSA) is 98.8 Å². The summed E-state index contributed by atoms with van der Waals surface area (Å²) < 4.78 is 27.6. The fourth-order valence-corrected chi connectivity index (χ4v) is 6.35. The second-order valence-corrected chi connectivity index (χ2v) is 11.3. The summed E-state index contributed by atoms with van der Waals surface area (Å²) in [7, 11) is -3.69. The Balaban J connectivity index is 1.54. The minimum absolute atomic E-state index is 0.0111. The van der Waals surface area contributed by atoms with Crippen LogP contribution in [0.15, 0.2) is 35.2 Å². The summed E-state index contributed by atoms with van der Waals surface area (Å²) >= 11 is 0. The van der Waals surface area contributed by atoms with Gasteiger partial charge in [-0.15, -0.1) is 0 Å². The molecule has 34 heavy (non-hydrogen) atoms. The number of nitrogens with one attached hydrogen (secondary N) is 2. The minimum atomic E-state index is -3.69. The van der Waals surface area contributed by atoms with Gasteiger partial charge in [0, 0.05) is 38.5 Å². The zero-order chi connectivity index (χ0) is 24.4. The Bertz CT molecular complexity index is 885. The molecule has 2 amide bonds. The molecule has 1 aromatic carbocycles. The molecule has 0 aromatic heterocycles. The van der Waals surface area contributed by atoms with E-state index in [1.165, 1.54) is 17.1 Å². The first-order valence-electron chi connectivity index (χ1n) is 12.7. The maximum absolute atomic E-state index is 13.1. The van der Waals surface area contributed by atoms with Crippen molar-refractivity contribution in [3.05, 3.63) is 30.3 Å². The first-order valence-corrected chi connectivity index (χ1v) is 14.2. The lowest BCUT2D eigenvalue weighted by molar-refractivity contribution is -0.126. The van der Waals surface area contributed by atoms with Crippen LogP contribution in [0.3, 0.4) is 0 Å². The third-order valence-electron chi connectivity index (χ3n) is 7.12.